The van der Waals surface area contributed by atoms with Crippen molar-refractivity contribution in [2.24, 2.45) is 0 Å². The molecule has 6 nitrogen and oxygen atoms in total. The van der Waals surface area contributed by atoms with Gasteiger partial charge in [0.1, 0.15) is 10.9 Å². The second-order valence-electron chi connectivity index (χ2n) is 7.56. The molecule has 2 aromatic carbocycles. The van der Waals surface area contributed by atoms with Gasteiger partial charge in [-0.3, -0.25) is 14.5 Å². The summed E-state index contributed by atoms with van der Waals surface area (Å²) in [5.41, 5.74) is 1.68. The van der Waals surface area contributed by atoms with Crippen molar-refractivity contribution in [2.75, 3.05) is 13.2 Å². The number of carbonyl (C=O) groups is 2. The van der Waals surface area contributed by atoms with Crippen LogP contribution in [0.1, 0.15) is 43.7 Å². The molecule has 3 rings (SSSR count). The van der Waals surface area contributed by atoms with E-state index >= 15 is 0 Å². The molecule has 34 heavy (non-hydrogen) atoms. The molecular weight excluding hydrogens is 494 g/mol. The topological polar surface area (TPSA) is 76.1 Å². The van der Waals surface area contributed by atoms with E-state index in [0.29, 0.717) is 58.3 Å². The van der Waals surface area contributed by atoms with Gasteiger partial charge in [0, 0.05) is 23.6 Å². The number of thioether (sulfide) groups is 1. The summed E-state index contributed by atoms with van der Waals surface area (Å²) in [7, 11) is 0. The van der Waals surface area contributed by atoms with Crippen LogP contribution in [0.15, 0.2) is 47.4 Å². The van der Waals surface area contributed by atoms with Gasteiger partial charge >= 0.3 is 5.97 Å². The summed E-state index contributed by atoms with van der Waals surface area (Å²) in [6.45, 7) is 3.16. The Labute approximate surface area is 213 Å². The Bertz CT molecular complexity index is 1090. The van der Waals surface area contributed by atoms with E-state index in [0.717, 1.165) is 17.5 Å². The van der Waals surface area contributed by atoms with Crippen molar-refractivity contribution in [1.29, 1.82) is 0 Å². The van der Waals surface area contributed by atoms with Crippen molar-refractivity contribution >= 4 is 57.9 Å². The number of halogens is 1. The van der Waals surface area contributed by atoms with Gasteiger partial charge in [0.2, 0.25) is 0 Å². The van der Waals surface area contributed by atoms with Gasteiger partial charge in [-0.2, -0.15) is 0 Å². The third-order valence-electron chi connectivity index (χ3n) is 5.05. The Hall–Kier alpha value is -2.55. The molecule has 0 spiro atoms. The van der Waals surface area contributed by atoms with Gasteiger partial charge in [-0.25, -0.2) is 0 Å². The molecule has 9 heteroatoms. The summed E-state index contributed by atoms with van der Waals surface area (Å²) in [6, 6.07) is 13.0. The fourth-order valence-electron chi connectivity index (χ4n) is 3.34. The predicted molar refractivity (Wildman–Crippen MR) is 139 cm³/mol. The van der Waals surface area contributed by atoms with Crippen LogP contribution in [0, 0.1) is 0 Å². The van der Waals surface area contributed by atoms with Gasteiger partial charge in [0.25, 0.3) is 5.91 Å². The Morgan fingerprint density at radius 2 is 1.94 bits per heavy atom. The largest absolute Gasteiger partial charge is 0.490 e. The van der Waals surface area contributed by atoms with E-state index in [9.17, 15) is 9.59 Å². The van der Waals surface area contributed by atoms with Crippen LogP contribution in [0.3, 0.4) is 0 Å². The molecule has 0 saturated carbocycles. The van der Waals surface area contributed by atoms with E-state index in [1.165, 1.54) is 11.8 Å². The first-order chi connectivity index (χ1) is 16.4. The van der Waals surface area contributed by atoms with E-state index in [1.54, 1.807) is 11.0 Å². The number of carboxylic acids is 1. The molecule has 0 atom stereocenters. The summed E-state index contributed by atoms with van der Waals surface area (Å²) in [5, 5.41) is 9.37. The zero-order chi connectivity index (χ0) is 24.5. The SMILES string of the molecule is CCOc1cc(/C=C2\SC(=S)N(CCCCCC(=O)O)C2=O)ccc1OCc1ccccc1Cl. The minimum Gasteiger partial charge on any atom is -0.490 e. The van der Waals surface area contributed by atoms with Crippen LogP contribution in [-0.4, -0.2) is 39.4 Å². The maximum atomic E-state index is 12.8. The molecular formula is C25H26ClNO5S2. The Morgan fingerprint density at radius 1 is 1.15 bits per heavy atom. The fraction of sp³-hybridized carbons (Fsp3) is 0.320. The summed E-state index contributed by atoms with van der Waals surface area (Å²) < 4.78 is 12.2. The predicted octanol–water partition coefficient (Wildman–Crippen LogP) is 6.16. The number of hydrogen-bond donors (Lipinski definition) is 1. The maximum absolute atomic E-state index is 12.8. The van der Waals surface area contributed by atoms with Gasteiger partial charge < -0.3 is 14.6 Å². The van der Waals surface area contributed by atoms with Crippen molar-refractivity contribution in [3.8, 4) is 11.5 Å². The number of carbonyl (C=O) groups excluding carboxylic acids is 1. The van der Waals surface area contributed by atoms with Crippen LogP contribution in [0.5, 0.6) is 11.5 Å². The van der Waals surface area contributed by atoms with Crippen LogP contribution < -0.4 is 9.47 Å². The molecule has 1 aliphatic heterocycles. The number of unbranched alkanes of at least 4 members (excludes halogenated alkanes) is 2. The second-order valence-corrected chi connectivity index (χ2v) is 9.64. The van der Waals surface area contributed by atoms with Crippen molar-refractivity contribution < 1.29 is 24.2 Å². The molecule has 0 aromatic heterocycles. The van der Waals surface area contributed by atoms with E-state index in [2.05, 4.69) is 0 Å². The molecule has 180 valence electrons. The third-order valence-corrected chi connectivity index (χ3v) is 6.80. The lowest BCUT2D eigenvalue weighted by molar-refractivity contribution is -0.137. The van der Waals surface area contributed by atoms with Gasteiger partial charge in [0.15, 0.2) is 11.5 Å². The van der Waals surface area contributed by atoms with Crippen molar-refractivity contribution in [2.45, 2.75) is 39.2 Å². The van der Waals surface area contributed by atoms with E-state index < -0.39 is 5.97 Å². The average molecular weight is 520 g/mol. The number of benzene rings is 2. The number of carboxylic acid groups (broad SMARTS) is 1. The van der Waals surface area contributed by atoms with E-state index in [-0.39, 0.29) is 12.3 Å². The van der Waals surface area contributed by atoms with Gasteiger partial charge in [0.05, 0.1) is 11.5 Å². The molecule has 2 aromatic rings. The molecule has 1 N–H and O–H groups in total. The maximum Gasteiger partial charge on any atom is 0.303 e. The third kappa shape index (κ3) is 7.22. The number of nitrogens with zero attached hydrogens (tertiary/aromatic N) is 1. The highest BCUT2D eigenvalue weighted by atomic mass is 35.5. The fourth-order valence-corrected chi connectivity index (χ4v) is 4.84. The molecule has 1 fully saturated rings. The first kappa shape index (κ1) is 26.1. The minimum atomic E-state index is -0.805. The van der Waals surface area contributed by atoms with E-state index in [1.807, 2.05) is 49.4 Å². The second kappa shape index (κ2) is 12.8. The standard InChI is InChI=1S/C25H26ClNO5S2/c1-2-31-21-14-17(11-12-20(21)32-16-18-8-5-6-9-19(18)26)15-22-24(30)27(25(33)34-22)13-7-3-4-10-23(28)29/h5-6,8-9,11-12,14-15H,2-4,7,10,13,16H2,1H3,(H,28,29)/b22-15-. The van der Waals surface area contributed by atoms with Crippen LogP contribution in [-0.2, 0) is 16.2 Å². The number of thiocarbonyl (C=S) groups is 1. The first-order valence-corrected chi connectivity index (χ1v) is 12.6. The monoisotopic (exact) mass is 519 g/mol. The van der Waals surface area contributed by atoms with Crippen molar-refractivity contribution in [3.63, 3.8) is 0 Å². The summed E-state index contributed by atoms with van der Waals surface area (Å²) >= 11 is 12.9. The normalized spacial score (nSPS) is 14.6. The molecule has 1 amide bonds. The highest BCUT2D eigenvalue weighted by molar-refractivity contribution is 8.26. The van der Waals surface area contributed by atoms with Crippen LogP contribution in [0.25, 0.3) is 6.08 Å². The van der Waals surface area contributed by atoms with Crippen molar-refractivity contribution in [3.05, 3.63) is 63.5 Å². The Balaban J connectivity index is 1.66. The van der Waals surface area contributed by atoms with Crippen LogP contribution in [0.4, 0.5) is 0 Å². The highest BCUT2D eigenvalue weighted by Crippen LogP contribution is 2.35. The molecule has 1 heterocycles. The van der Waals surface area contributed by atoms with Gasteiger partial charge in [-0.15, -0.1) is 0 Å². The Kier molecular flexibility index (Phi) is 9.80. The smallest absolute Gasteiger partial charge is 0.303 e. The van der Waals surface area contributed by atoms with Crippen LogP contribution in [0.2, 0.25) is 5.02 Å². The zero-order valence-electron chi connectivity index (χ0n) is 18.8. The molecule has 0 radical (unpaired) electrons. The Morgan fingerprint density at radius 3 is 2.68 bits per heavy atom. The van der Waals surface area contributed by atoms with Crippen LogP contribution >= 0.6 is 35.6 Å². The lowest BCUT2D eigenvalue weighted by Gasteiger charge is -2.14. The van der Waals surface area contributed by atoms with Gasteiger partial charge in [-0.05, 0) is 49.6 Å². The van der Waals surface area contributed by atoms with E-state index in [4.69, 9.17) is 38.4 Å². The molecule has 1 aliphatic rings. The molecule has 0 bridgehead atoms. The number of ether oxygens (including phenoxy) is 2. The summed E-state index contributed by atoms with van der Waals surface area (Å²) in [6.07, 6.45) is 3.96. The molecule has 0 aliphatic carbocycles. The lowest BCUT2D eigenvalue weighted by Crippen LogP contribution is -2.29. The van der Waals surface area contributed by atoms with Crippen molar-refractivity contribution in [1.82, 2.24) is 4.90 Å². The quantitative estimate of drug-likeness (QED) is 0.204. The highest BCUT2D eigenvalue weighted by Gasteiger charge is 2.31. The average Bonchev–Trinajstić information content (AvgIpc) is 3.06. The molecule has 0 unspecified atom stereocenters. The number of amides is 1. The number of rotatable bonds is 12. The first-order valence-electron chi connectivity index (χ1n) is 11.0. The lowest BCUT2D eigenvalue weighted by atomic mass is 10.1. The zero-order valence-corrected chi connectivity index (χ0v) is 21.2. The summed E-state index contributed by atoms with van der Waals surface area (Å²) in [5.74, 6) is 0.232. The minimum absolute atomic E-state index is 0.134. The summed E-state index contributed by atoms with van der Waals surface area (Å²) in [4.78, 5) is 25.6. The molecule has 1 saturated heterocycles. The number of hydrogen-bond acceptors (Lipinski definition) is 6. The van der Waals surface area contributed by atoms with Gasteiger partial charge in [-0.1, -0.05) is 66.3 Å². The number of aliphatic carboxylic acids is 1.